The van der Waals surface area contributed by atoms with Crippen LogP contribution in [0.4, 0.5) is 5.69 Å². The Morgan fingerprint density at radius 3 is 2.29 bits per heavy atom. The number of carbonyl (C=O) groups is 2. The molecule has 1 atom stereocenters. The minimum atomic E-state index is -1.76. The summed E-state index contributed by atoms with van der Waals surface area (Å²) in [4.78, 5) is 46.6. The van der Waals surface area contributed by atoms with Crippen molar-refractivity contribution in [2.24, 2.45) is 0 Å². The second-order valence-electron chi connectivity index (χ2n) is 10.3. The molecule has 2 aliphatic rings. The van der Waals surface area contributed by atoms with Gasteiger partial charge in [0.2, 0.25) is 5.76 Å². The molecule has 0 aliphatic carbocycles. The number of carbonyl (C=O) groups excluding carboxylic acids is 2. The molecule has 4 aromatic carbocycles. The van der Waals surface area contributed by atoms with Crippen LogP contribution in [0.3, 0.4) is 0 Å². The molecule has 1 aromatic heterocycles. The molecule has 202 valence electrons. The van der Waals surface area contributed by atoms with Crippen LogP contribution in [0.5, 0.6) is 0 Å². The van der Waals surface area contributed by atoms with Crippen LogP contribution in [0.2, 0.25) is 10.0 Å². The molecule has 2 amide bonds. The zero-order chi connectivity index (χ0) is 28.5. The van der Waals surface area contributed by atoms with E-state index < -0.39 is 22.8 Å². The summed E-state index contributed by atoms with van der Waals surface area (Å²) in [6.45, 7) is 2.23. The number of anilines is 1. The van der Waals surface area contributed by atoms with E-state index in [-0.39, 0.29) is 35.4 Å². The lowest BCUT2D eigenvalue weighted by Crippen LogP contribution is -2.53. The Morgan fingerprint density at radius 1 is 0.805 bits per heavy atom. The summed E-state index contributed by atoms with van der Waals surface area (Å²) in [5.74, 6) is -1.12. The van der Waals surface area contributed by atoms with Gasteiger partial charge in [-0.1, -0.05) is 83.9 Å². The van der Waals surface area contributed by atoms with Crippen LogP contribution in [0.25, 0.3) is 11.0 Å². The lowest BCUT2D eigenvalue weighted by atomic mass is 9.83. The second kappa shape index (κ2) is 9.33. The van der Waals surface area contributed by atoms with Crippen LogP contribution in [-0.2, 0) is 23.4 Å². The zero-order valence-corrected chi connectivity index (χ0v) is 23.4. The molecule has 7 rings (SSSR count). The Balaban J connectivity index is 1.53. The molecular weight excluding hydrogens is 559 g/mol. The molecule has 1 unspecified atom stereocenters. The van der Waals surface area contributed by atoms with Gasteiger partial charge in [0, 0.05) is 22.2 Å². The molecule has 5 aromatic rings. The van der Waals surface area contributed by atoms with E-state index in [9.17, 15) is 14.4 Å². The summed E-state index contributed by atoms with van der Waals surface area (Å²) in [6, 6.07) is 26.9. The van der Waals surface area contributed by atoms with E-state index in [1.807, 2.05) is 49.4 Å². The molecule has 3 heterocycles. The minimum absolute atomic E-state index is 0.00551. The Labute approximate surface area is 245 Å². The van der Waals surface area contributed by atoms with Crippen LogP contribution >= 0.6 is 23.2 Å². The predicted molar refractivity (Wildman–Crippen MR) is 158 cm³/mol. The van der Waals surface area contributed by atoms with Gasteiger partial charge in [0.25, 0.3) is 11.8 Å². The molecule has 0 fully saturated rings. The topological polar surface area (TPSA) is 70.8 Å². The van der Waals surface area contributed by atoms with E-state index in [2.05, 4.69) is 0 Å². The molecule has 1 spiro atoms. The van der Waals surface area contributed by atoms with Gasteiger partial charge < -0.3 is 14.2 Å². The fourth-order valence-electron chi connectivity index (χ4n) is 6.10. The fourth-order valence-corrected chi connectivity index (χ4v) is 6.46. The third-order valence-electron chi connectivity index (χ3n) is 8.07. The third kappa shape index (κ3) is 3.61. The maximum atomic E-state index is 14.9. The number of hydrogen-bond donors (Lipinski definition) is 0. The third-order valence-corrected chi connectivity index (χ3v) is 8.68. The van der Waals surface area contributed by atoms with Gasteiger partial charge in [0.15, 0.2) is 11.0 Å². The molecular formula is C33H22Cl2N2O4. The van der Waals surface area contributed by atoms with Crippen molar-refractivity contribution in [1.82, 2.24) is 4.90 Å². The summed E-state index contributed by atoms with van der Waals surface area (Å²) < 4.78 is 6.12. The fraction of sp³-hybridized carbons (Fsp3) is 0.121. The number of hydrogen-bond acceptors (Lipinski definition) is 4. The molecule has 0 bridgehead atoms. The van der Waals surface area contributed by atoms with Gasteiger partial charge in [-0.15, -0.1) is 0 Å². The summed E-state index contributed by atoms with van der Waals surface area (Å²) in [5, 5.41) is 0.985. The lowest BCUT2D eigenvalue weighted by Gasteiger charge is -2.34. The standard InChI is InChI=1S/C33H22Cl2N2O4/c1-19-8-2-3-9-20(19)17-36-26-13-7-5-11-24(26)33(32(36)40)28-29(38)23-16-22(34)14-15-27(23)41-30(28)31(39)37(33)18-21-10-4-6-12-25(21)35/h2-16H,17-18H2,1H3. The second-order valence-corrected chi connectivity index (χ2v) is 11.1. The van der Waals surface area contributed by atoms with Gasteiger partial charge in [0.05, 0.1) is 23.2 Å². The van der Waals surface area contributed by atoms with Crippen molar-refractivity contribution < 1.29 is 14.0 Å². The number of para-hydroxylation sites is 1. The van der Waals surface area contributed by atoms with E-state index in [4.69, 9.17) is 27.6 Å². The average Bonchev–Trinajstić information content (AvgIpc) is 3.36. The Hall–Kier alpha value is -4.39. The first-order valence-electron chi connectivity index (χ1n) is 13.1. The highest BCUT2D eigenvalue weighted by Gasteiger charge is 2.65. The zero-order valence-electron chi connectivity index (χ0n) is 21.9. The van der Waals surface area contributed by atoms with E-state index >= 15 is 0 Å². The average molecular weight is 581 g/mol. The van der Waals surface area contributed by atoms with E-state index in [1.165, 1.54) is 11.0 Å². The molecule has 0 saturated heterocycles. The molecule has 0 saturated carbocycles. The number of aryl methyl sites for hydroxylation is 1. The predicted octanol–water partition coefficient (Wildman–Crippen LogP) is 6.85. The van der Waals surface area contributed by atoms with Crippen LogP contribution in [0.15, 0.2) is 100 Å². The van der Waals surface area contributed by atoms with Gasteiger partial charge >= 0.3 is 0 Å². The number of fused-ring (bicyclic) bond motifs is 5. The maximum Gasteiger partial charge on any atom is 0.291 e. The van der Waals surface area contributed by atoms with Gasteiger partial charge in [-0.05, 0) is 53.9 Å². The molecule has 2 aliphatic heterocycles. The van der Waals surface area contributed by atoms with Crippen LogP contribution < -0.4 is 10.3 Å². The summed E-state index contributed by atoms with van der Waals surface area (Å²) >= 11 is 12.8. The van der Waals surface area contributed by atoms with Crippen molar-refractivity contribution in [2.45, 2.75) is 25.6 Å². The number of rotatable bonds is 4. The van der Waals surface area contributed by atoms with Gasteiger partial charge in [-0.3, -0.25) is 14.4 Å². The quantitative estimate of drug-likeness (QED) is 0.233. The van der Waals surface area contributed by atoms with Gasteiger partial charge in [-0.25, -0.2) is 0 Å². The Bertz CT molecular complexity index is 1980. The Morgan fingerprint density at radius 2 is 1.51 bits per heavy atom. The molecule has 8 heteroatoms. The molecule has 41 heavy (non-hydrogen) atoms. The first kappa shape index (κ1) is 25.6. The number of halogens is 2. The lowest BCUT2D eigenvalue weighted by molar-refractivity contribution is -0.126. The monoisotopic (exact) mass is 580 g/mol. The summed E-state index contributed by atoms with van der Waals surface area (Å²) in [6.07, 6.45) is 0. The molecule has 0 radical (unpaired) electrons. The van der Waals surface area contributed by atoms with E-state index in [0.29, 0.717) is 26.9 Å². The van der Waals surface area contributed by atoms with Crippen molar-refractivity contribution in [3.05, 3.63) is 145 Å². The largest absolute Gasteiger partial charge is 0.450 e. The normalized spacial score (nSPS) is 17.5. The minimum Gasteiger partial charge on any atom is -0.450 e. The Kier molecular flexibility index (Phi) is 5.82. The van der Waals surface area contributed by atoms with Crippen LogP contribution in [-0.4, -0.2) is 16.7 Å². The van der Waals surface area contributed by atoms with Crippen molar-refractivity contribution in [2.75, 3.05) is 4.90 Å². The van der Waals surface area contributed by atoms with Crippen molar-refractivity contribution in [1.29, 1.82) is 0 Å². The van der Waals surface area contributed by atoms with Crippen LogP contribution in [0, 0.1) is 6.92 Å². The molecule has 6 nitrogen and oxygen atoms in total. The number of benzene rings is 4. The van der Waals surface area contributed by atoms with Crippen LogP contribution in [0.1, 0.15) is 38.4 Å². The SMILES string of the molecule is Cc1ccccc1CN1C(=O)C2(c3ccccc31)c1c(oc3ccc(Cl)cc3c1=O)C(=O)N2Cc1ccccc1Cl. The van der Waals surface area contributed by atoms with Crippen molar-refractivity contribution in [3.8, 4) is 0 Å². The highest BCUT2D eigenvalue weighted by molar-refractivity contribution is 6.31. The summed E-state index contributed by atoms with van der Waals surface area (Å²) in [5.41, 5.74) is 1.74. The highest BCUT2D eigenvalue weighted by Crippen LogP contribution is 2.53. The van der Waals surface area contributed by atoms with Gasteiger partial charge in [-0.2, -0.15) is 0 Å². The number of amides is 2. The first-order valence-corrected chi connectivity index (χ1v) is 13.9. The highest BCUT2D eigenvalue weighted by atomic mass is 35.5. The first-order chi connectivity index (χ1) is 19.8. The summed E-state index contributed by atoms with van der Waals surface area (Å²) in [7, 11) is 0. The van der Waals surface area contributed by atoms with E-state index in [0.717, 1.165) is 11.1 Å². The molecule has 0 N–H and O–H groups in total. The van der Waals surface area contributed by atoms with Gasteiger partial charge in [0.1, 0.15) is 5.58 Å². The smallest absolute Gasteiger partial charge is 0.291 e. The van der Waals surface area contributed by atoms with Crippen molar-refractivity contribution in [3.63, 3.8) is 0 Å². The van der Waals surface area contributed by atoms with Crippen molar-refractivity contribution >= 4 is 51.7 Å². The maximum absolute atomic E-state index is 14.9. The number of nitrogens with zero attached hydrogens (tertiary/aromatic N) is 2. The van der Waals surface area contributed by atoms with E-state index in [1.54, 1.807) is 47.4 Å².